The van der Waals surface area contributed by atoms with Crippen LogP contribution in [0.3, 0.4) is 0 Å². The standard InChI is InChI=1S/C14H14ClNOS3/c15-13-4-3-12(20-13)14(17)16-6-5-11(19-9-7-16)10-2-1-8-18-10/h1-4,8,11H,5-7,9H2/t11-/m1/s1. The van der Waals surface area contributed by atoms with Gasteiger partial charge >= 0.3 is 0 Å². The van der Waals surface area contributed by atoms with Crippen molar-refractivity contribution in [1.82, 2.24) is 4.90 Å². The van der Waals surface area contributed by atoms with Crippen LogP contribution in [0.25, 0.3) is 0 Å². The van der Waals surface area contributed by atoms with Gasteiger partial charge in [-0.25, -0.2) is 0 Å². The topological polar surface area (TPSA) is 20.3 Å². The Labute approximate surface area is 135 Å². The first-order chi connectivity index (χ1) is 9.74. The third-order valence-electron chi connectivity index (χ3n) is 3.27. The number of carbonyl (C=O) groups excluding carboxylic acids is 1. The normalized spacial score (nSPS) is 19.9. The predicted molar refractivity (Wildman–Crippen MR) is 89.4 cm³/mol. The fraction of sp³-hybridized carbons (Fsp3) is 0.357. The second-order valence-corrected chi connectivity index (χ2v) is 8.56. The van der Waals surface area contributed by atoms with E-state index in [0.29, 0.717) is 9.59 Å². The van der Waals surface area contributed by atoms with E-state index in [-0.39, 0.29) is 5.91 Å². The molecule has 3 rings (SSSR count). The largest absolute Gasteiger partial charge is 0.337 e. The number of thiophene rings is 2. The predicted octanol–water partition coefficient (Wildman–Crippen LogP) is 4.78. The Balaban J connectivity index is 1.66. The highest BCUT2D eigenvalue weighted by Gasteiger charge is 2.24. The summed E-state index contributed by atoms with van der Waals surface area (Å²) in [5, 5.41) is 2.65. The van der Waals surface area contributed by atoms with Crippen LogP contribution < -0.4 is 0 Å². The van der Waals surface area contributed by atoms with Crippen molar-refractivity contribution in [3.8, 4) is 0 Å². The summed E-state index contributed by atoms with van der Waals surface area (Å²) in [4.78, 5) is 16.6. The van der Waals surface area contributed by atoms with Crippen molar-refractivity contribution in [3.05, 3.63) is 43.7 Å². The van der Waals surface area contributed by atoms with Crippen LogP contribution >= 0.6 is 46.0 Å². The van der Waals surface area contributed by atoms with Crippen LogP contribution in [-0.2, 0) is 0 Å². The van der Waals surface area contributed by atoms with Gasteiger partial charge in [0.25, 0.3) is 5.91 Å². The lowest BCUT2D eigenvalue weighted by atomic mass is 10.2. The average molecular weight is 344 g/mol. The smallest absolute Gasteiger partial charge is 0.264 e. The first kappa shape index (κ1) is 14.4. The molecule has 1 saturated heterocycles. The second-order valence-electron chi connectivity index (χ2n) is 4.56. The molecule has 0 bridgehead atoms. The Morgan fingerprint density at radius 2 is 2.20 bits per heavy atom. The van der Waals surface area contributed by atoms with Gasteiger partial charge in [0, 0.05) is 29.0 Å². The van der Waals surface area contributed by atoms with Crippen molar-refractivity contribution in [2.45, 2.75) is 11.7 Å². The number of carbonyl (C=O) groups is 1. The molecule has 0 radical (unpaired) electrons. The number of amides is 1. The molecule has 0 saturated carbocycles. The fourth-order valence-corrected chi connectivity index (χ4v) is 5.51. The van der Waals surface area contributed by atoms with E-state index >= 15 is 0 Å². The Morgan fingerprint density at radius 3 is 2.90 bits per heavy atom. The molecule has 1 atom stereocenters. The second kappa shape index (κ2) is 6.52. The molecule has 0 spiro atoms. The molecule has 0 aromatic carbocycles. The monoisotopic (exact) mass is 343 g/mol. The molecule has 0 N–H and O–H groups in total. The van der Waals surface area contributed by atoms with Crippen molar-refractivity contribution in [2.75, 3.05) is 18.8 Å². The number of nitrogens with zero attached hydrogens (tertiary/aromatic N) is 1. The minimum Gasteiger partial charge on any atom is -0.337 e. The summed E-state index contributed by atoms with van der Waals surface area (Å²) < 4.78 is 0.675. The zero-order valence-corrected chi connectivity index (χ0v) is 14.0. The number of hydrogen-bond acceptors (Lipinski definition) is 4. The molecular formula is C14H14ClNOS3. The average Bonchev–Trinajstić information content (AvgIpc) is 3.05. The summed E-state index contributed by atoms with van der Waals surface area (Å²) in [5.41, 5.74) is 0. The van der Waals surface area contributed by atoms with Gasteiger partial charge in [0.1, 0.15) is 0 Å². The highest BCUT2D eigenvalue weighted by molar-refractivity contribution is 7.99. The third kappa shape index (κ3) is 3.22. The maximum Gasteiger partial charge on any atom is 0.264 e. The van der Waals surface area contributed by atoms with Crippen LogP contribution in [0.5, 0.6) is 0 Å². The number of hydrogen-bond donors (Lipinski definition) is 0. The lowest BCUT2D eigenvalue weighted by Crippen LogP contribution is -2.32. The zero-order valence-electron chi connectivity index (χ0n) is 10.8. The van der Waals surface area contributed by atoms with Crippen molar-refractivity contribution in [3.63, 3.8) is 0 Å². The maximum atomic E-state index is 12.4. The van der Waals surface area contributed by atoms with Crippen molar-refractivity contribution >= 4 is 51.9 Å². The summed E-state index contributed by atoms with van der Waals surface area (Å²) in [6, 6.07) is 7.91. The van der Waals surface area contributed by atoms with Gasteiger partial charge in [0.05, 0.1) is 9.21 Å². The van der Waals surface area contributed by atoms with Crippen LogP contribution in [0.15, 0.2) is 29.6 Å². The minimum atomic E-state index is 0.120. The quantitative estimate of drug-likeness (QED) is 0.781. The lowest BCUT2D eigenvalue weighted by molar-refractivity contribution is 0.0771. The van der Waals surface area contributed by atoms with E-state index in [0.717, 1.165) is 30.1 Å². The molecule has 2 nitrogen and oxygen atoms in total. The molecule has 2 aromatic heterocycles. The Bertz CT molecular complexity index is 581. The number of halogens is 1. The van der Waals surface area contributed by atoms with Gasteiger partial charge in [-0.15, -0.1) is 22.7 Å². The van der Waals surface area contributed by atoms with Crippen LogP contribution in [0.1, 0.15) is 26.2 Å². The van der Waals surface area contributed by atoms with E-state index < -0.39 is 0 Å². The highest BCUT2D eigenvalue weighted by atomic mass is 35.5. The zero-order chi connectivity index (χ0) is 13.9. The molecule has 20 heavy (non-hydrogen) atoms. The molecule has 1 aliphatic rings. The van der Waals surface area contributed by atoms with E-state index in [1.54, 1.807) is 6.07 Å². The molecule has 1 aliphatic heterocycles. The van der Waals surface area contributed by atoms with Gasteiger partial charge in [0.15, 0.2) is 0 Å². The van der Waals surface area contributed by atoms with Gasteiger partial charge in [-0.1, -0.05) is 17.7 Å². The summed E-state index contributed by atoms with van der Waals surface area (Å²) in [6.45, 7) is 1.64. The summed E-state index contributed by atoms with van der Waals surface area (Å²) in [7, 11) is 0. The Kier molecular flexibility index (Phi) is 4.71. The minimum absolute atomic E-state index is 0.120. The maximum absolute atomic E-state index is 12.4. The van der Waals surface area contributed by atoms with Crippen LogP contribution in [-0.4, -0.2) is 29.6 Å². The van der Waals surface area contributed by atoms with Crippen LogP contribution in [0, 0.1) is 0 Å². The molecule has 2 aromatic rings. The molecule has 106 valence electrons. The third-order valence-corrected chi connectivity index (χ3v) is 6.94. The summed E-state index contributed by atoms with van der Waals surface area (Å²) in [6.07, 6.45) is 1.02. The van der Waals surface area contributed by atoms with Crippen LogP contribution in [0.4, 0.5) is 0 Å². The van der Waals surface area contributed by atoms with E-state index in [1.165, 1.54) is 16.2 Å². The van der Waals surface area contributed by atoms with Crippen LogP contribution in [0.2, 0.25) is 4.34 Å². The molecule has 1 fully saturated rings. The van der Waals surface area contributed by atoms with Gasteiger partial charge in [-0.05, 0) is 30.0 Å². The van der Waals surface area contributed by atoms with Gasteiger partial charge < -0.3 is 4.90 Å². The molecule has 0 unspecified atom stereocenters. The Morgan fingerprint density at radius 1 is 1.30 bits per heavy atom. The van der Waals surface area contributed by atoms with E-state index in [2.05, 4.69) is 17.5 Å². The molecule has 0 aliphatic carbocycles. The van der Waals surface area contributed by atoms with Crippen molar-refractivity contribution in [1.29, 1.82) is 0 Å². The fourth-order valence-electron chi connectivity index (χ4n) is 2.26. The molecule has 1 amide bonds. The molecule has 6 heteroatoms. The SMILES string of the molecule is O=C(c1ccc(Cl)s1)N1CCS[C@@H](c2cccs2)CC1. The number of rotatable bonds is 2. The summed E-state index contributed by atoms with van der Waals surface area (Å²) >= 11 is 11.0. The lowest BCUT2D eigenvalue weighted by Gasteiger charge is -2.19. The Hall–Kier alpha value is -0.490. The first-order valence-electron chi connectivity index (χ1n) is 6.43. The van der Waals surface area contributed by atoms with Gasteiger partial charge in [-0.3, -0.25) is 4.79 Å². The van der Waals surface area contributed by atoms with Crippen molar-refractivity contribution in [2.24, 2.45) is 0 Å². The summed E-state index contributed by atoms with van der Waals surface area (Å²) in [5.74, 6) is 1.11. The number of thioether (sulfide) groups is 1. The van der Waals surface area contributed by atoms with Crippen molar-refractivity contribution < 1.29 is 4.79 Å². The van der Waals surface area contributed by atoms with E-state index in [1.807, 2.05) is 34.1 Å². The highest BCUT2D eigenvalue weighted by Crippen LogP contribution is 2.37. The first-order valence-corrected chi connectivity index (χ1v) is 9.56. The van der Waals surface area contributed by atoms with Gasteiger partial charge in [-0.2, -0.15) is 11.8 Å². The van der Waals surface area contributed by atoms with E-state index in [4.69, 9.17) is 11.6 Å². The molecular weight excluding hydrogens is 330 g/mol. The van der Waals surface area contributed by atoms with Gasteiger partial charge in [0.2, 0.25) is 0 Å². The van der Waals surface area contributed by atoms with E-state index in [9.17, 15) is 4.79 Å². The molecule has 3 heterocycles.